The molecule has 3 heterocycles. The molecule has 11 atom stereocenters. The number of Topliss-reactive ketones (excluding diaryl/α,β-unsaturated/α-hetero) is 1. The lowest BCUT2D eigenvalue weighted by Crippen LogP contribution is -2.84. The molecule has 118 valence electrons. The van der Waals surface area contributed by atoms with E-state index < -0.39 is 5.60 Å². The number of nitrogens with zero attached hydrogens (tertiary/aromatic N) is 1. The highest BCUT2D eigenvalue weighted by atomic mass is 16.3. The van der Waals surface area contributed by atoms with Crippen LogP contribution in [0.4, 0.5) is 0 Å². The number of aliphatic hydroxyl groups is 1. The average molecular weight is 299 g/mol. The summed E-state index contributed by atoms with van der Waals surface area (Å²) in [7, 11) is 0. The van der Waals surface area contributed by atoms with Gasteiger partial charge in [-0.3, -0.25) is 9.69 Å². The summed E-state index contributed by atoms with van der Waals surface area (Å²) in [5, 5.41) is 12.1. The molecule has 6 aliphatic carbocycles. The number of rotatable bonds is 0. The molecule has 0 aromatic carbocycles. The second-order valence-electron chi connectivity index (χ2n) is 10.3. The summed E-state index contributed by atoms with van der Waals surface area (Å²) in [5.74, 6) is 3.01. The van der Waals surface area contributed by atoms with Gasteiger partial charge in [0.15, 0.2) is 0 Å². The van der Waals surface area contributed by atoms with Gasteiger partial charge in [0.1, 0.15) is 5.78 Å². The Morgan fingerprint density at radius 1 is 1.27 bits per heavy atom. The number of fused-ring (bicyclic) bond motifs is 1. The molecule has 1 unspecified atom stereocenters. The molecule has 3 saturated heterocycles. The van der Waals surface area contributed by atoms with Crippen molar-refractivity contribution in [3.8, 4) is 0 Å². The summed E-state index contributed by atoms with van der Waals surface area (Å²) in [5.41, 5.74) is 0.110. The summed E-state index contributed by atoms with van der Waals surface area (Å²) in [6, 6.07) is 1.20. The minimum absolute atomic E-state index is 0.196. The first-order valence-corrected chi connectivity index (χ1v) is 9.50. The minimum atomic E-state index is -0.427. The van der Waals surface area contributed by atoms with Crippen molar-refractivity contribution < 1.29 is 9.90 Å². The molecule has 3 aliphatic heterocycles. The van der Waals surface area contributed by atoms with Crippen LogP contribution in [-0.2, 0) is 4.79 Å². The Morgan fingerprint density at radius 3 is 3.00 bits per heavy atom. The van der Waals surface area contributed by atoms with Gasteiger partial charge in [0.25, 0.3) is 0 Å². The fourth-order valence-corrected chi connectivity index (χ4v) is 9.85. The molecule has 1 spiro atoms. The van der Waals surface area contributed by atoms with Crippen LogP contribution in [0.1, 0.15) is 45.4 Å². The van der Waals surface area contributed by atoms with E-state index in [-0.39, 0.29) is 11.3 Å². The van der Waals surface area contributed by atoms with Crippen LogP contribution in [0.3, 0.4) is 0 Å². The van der Waals surface area contributed by atoms with Crippen LogP contribution in [0, 0.1) is 40.4 Å². The van der Waals surface area contributed by atoms with Crippen LogP contribution in [0.5, 0.6) is 0 Å². The molecule has 22 heavy (non-hydrogen) atoms. The summed E-state index contributed by atoms with van der Waals surface area (Å²) >= 11 is 0. The second kappa shape index (κ2) is 2.97. The smallest absolute Gasteiger partial charge is 0.136 e. The fourth-order valence-electron chi connectivity index (χ4n) is 9.85. The maximum atomic E-state index is 12.5. The van der Waals surface area contributed by atoms with E-state index in [9.17, 15) is 9.90 Å². The first-order chi connectivity index (χ1) is 10.5. The Morgan fingerprint density at radius 2 is 2.14 bits per heavy atom. The van der Waals surface area contributed by atoms with Gasteiger partial charge >= 0.3 is 0 Å². The summed E-state index contributed by atoms with van der Waals surface area (Å²) in [6.07, 6.45) is 6.77. The molecule has 0 radical (unpaired) electrons. The van der Waals surface area contributed by atoms with Gasteiger partial charge in [0.2, 0.25) is 0 Å². The molecule has 10 bridgehead atoms. The lowest BCUT2D eigenvalue weighted by atomic mass is 9.29. The monoisotopic (exact) mass is 299 g/mol. The van der Waals surface area contributed by atoms with E-state index >= 15 is 0 Å². The Labute approximate surface area is 131 Å². The molecule has 0 aromatic heterocycles. The quantitative estimate of drug-likeness (QED) is 0.742. The molecular weight excluding hydrogens is 274 g/mol. The SMILES string of the molecule is C[C@]12CC[C@H]3[C@@H]4[C@@H]5C[C@@H]6C[C@H]7[C@]5(CC6=O)C[C@H]([C@@H]1[C@@]37O)N4C2. The van der Waals surface area contributed by atoms with E-state index in [2.05, 4.69) is 11.8 Å². The molecular formula is C19H25NO2. The zero-order valence-electron chi connectivity index (χ0n) is 13.3. The van der Waals surface area contributed by atoms with Gasteiger partial charge in [0.05, 0.1) is 5.60 Å². The molecule has 1 N–H and O–H groups in total. The van der Waals surface area contributed by atoms with Gasteiger partial charge in [-0.2, -0.15) is 0 Å². The zero-order valence-corrected chi connectivity index (χ0v) is 13.3. The molecule has 9 rings (SSSR count). The highest BCUT2D eigenvalue weighted by molar-refractivity contribution is 5.84. The number of carbonyl (C=O) groups excluding carboxylic acids is 1. The maximum absolute atomic E-state index is 12.5. The Hall–Kier alpha value is -0.410. The summed E-state index contributed by atoms with van der Waals surface area (Å²) in [4.78, 5) is 15.4. The van der Waals surface area contributed by atoms with Crippen molar-refractivity contribution in [1.82, 2.24) is 4.90 Å². The molecule has 0 aromatic rings. The maximum Gasteiger partial charge on any atom is 0.136 e. The van der Waals surface area contributed by atoms with Crippen LogP contribution in [0.25, 0.3) is 0 Å². The Kier molecular flexibility index (Phi) is 1.62. The number of hydrogen-bond donors (Lipinski definition) is 1. The predicted molar refractivity (Wildman–Crippen MR) is 79.9 cm³/mol. The van der Waals surface area contributed by atoms with E-state index in [1.165, 1.54) is 25.8 Å². The van der Waals surface area contributed by atoms with E-state index in [1.54, 1.807) is 0 Å². The first kappa shape index (κ1) is 12.0. The van der Waals surface area contributed by atoms with Gasteiger partial charge < -0.3 is 5.11 Å². The van der Waals surface area contributed by atoms with Gasteiger partial charge in [0, 0.05) is 42.8 Å². The largest absolute Gasteiger partial charge is 0.389 e. The third-order valence-electron chi connectivity index (χ3n) is 10.0. The number of carbonyl (C=O) groups is 1. The van der Waals surface area contributed by atoms with Crippen molar-refractivity contribution in [2.75, 3.05) is 6.54 Å². The predicted octanol–water partition coefficient (Wildman–Crippen LogP) is 1.84. The molecule has 9 fully saturated rings. The van der Waals surface area contributed by atoms with Crippen LogP contribution in [0.15, 0.2) is 0 Å². The van der Waals surface area contributed by atoms with Gasteiger partial charge in [-0.1, -0.05) is 6.92 Å². The summed E-state index contributed by atoms with van der Waals surface area (Å²) < 4.78 is 0. The van der Waals surface area contributed by atoms with Crippen LogP contribution < -0.4 is 0 Å². The number of ketones is 1. The molecule has 3 heteroatoms. The minimum Gasteiger partial charge on any atom is -0.389 e. The van der Waals surface area contributed by atoms with Crippen molar-refractivity contribution in [2.45, 2.75) is 63.1 Å². The van der Waals surface area contributed by atoms with Crippen molar-refractivity contribution in [3.05, 3.63) is 0 Å². The molecule has 3 nitrogen and oxygen atoms in total. The van der Waals surface area contributed by atoms with Crippen LogP contribution in [0.2, 0.25) is 0 Å². The number of hydrogen-bond acceptors (Lipinski definition) is 3. The standard InChI is InChI=1S/C19H25NO2/c1-17-3-2-10-15-11-4-9-5-14-18(11,7-13(9)21)6-12(20(15)8-17)16(17)19(10,14)22/h9-12,14-16,22H,2-8H2,1H3/t9-,10+,11+,12-,14+,15-,16+,17-,18+,19-/m1/s1. The molecule has 6 saturated carbocycles. The third-order valence-corrected chi connectivity index (χ3v) is 10.0. The van der Waals surface area contributed by atoms with Crippen molar-refractivity contribution in [1.29, 1.82) is 0 Å². The molecule has 0 amide bonds. The normalized spacial score (nSPS) is 75.1. The zero-order chi connectivity index (χ0) is 14.6. The van der Waals surface area contributed by atoms with E-state index in [4.69, 9.17) is 0 Å². The van der Waals surface area contributed by atoms with Crippen molar-refractivity contribution in [2.24, 2.45) is 40.4 Å². The topological polar surface area (TPSA) is 40.5 Å². The van der Waals surface area contributed by atoms with E-state index in [1.807, 2.05) is 0 Å². The lowest BCUT2D eigenvalue weighted by molar-refractivity contribution is -0.340. The first-order valence-electron chi connectivity index (χ1n) is 9.50. The fraction of sp³-hybridized carbons (Fsp3) is 0.947. The lowest BCUT2D eigenvalue weighted by Gasteiger charge is -2.79. The average Bonchev–Trinajstić information content (AvgIpc) is 2.61. The highest BCUT2D eigenvalue weighted by Gasteiger charge is 2.84. The van der Waals surface area contributed by atoms with E-state index in [0.717, 1.165) is 25.2 Å². The highest BCUT2D eigenvalue weighted by Crippen LogP contribution is 2.80. The Bertz CT molecular complexity index is 647. The Balaban J connectivity index is 1.55. The van der Waals surface area contributed by atoms with Gasteiger partial charge in [-0.25, -0.2) is 0 Å². The molecule has 9 aliphatic rings. The van der Waals surface area contributed by atoms with Crippen LogP contribution in [-0.4, -0.2) is 40.0 Å². The third kappa shape index (κ3) is 0.863. The van der Waals surface area contributed by atoms with Gasteiger partial charge in [-0.15, -0.1) is 0 Å². The number of piperidine rings is 2. The van der Waals surface area contributed by atoms with Crippen LogP contribution >= 0.6 is 0 Å². The van der Waals surface area contributed by atoms with Crippen molar-refractivity contribution >= 4 is 5.78 Å². The van der Waals surface area contributed by atoms with Gasteiger partial charge in [-0.05, 0) is 54.8 Å². The van der Waals surface area contributed by atoms with E-state index in [0.29, 0.717) is 41.0 Å². The second-order valence-corrected chi connectivity index (χ2v) is 10.3. The summed E-state index contributed by atoms with van der Waals surface area (Å²) in [6.45, 7) is 3.69. The van der Waals surface area contributed by atoms with Crippen molar-refractivity contribution in [3.63, 3.8) is 0 Å².